The van der Waals surface area contributed by atoms with Gasteiger partial charge in [-0.2, -0.15) is 5.26 Å². The number of nitrogens with one attached hydrogen (secondary N) is 1. The maximum Gasteiger partial charge on any atom is 0.255 e. The minimum Gasteiger partial charge on any atom is -0.327 e. The van der Waals surface area contributed by atoms with Crippen LogP contribution in [0.25, 0.3) is 6.08 Å². The van der Waals surface area contributed by atoms with Crippen LogP contribution in [0.3, 0.4) is 0 Å². The van der Waals surface area contributed by atoms with E-state index >= 15 is 0 Å². The summed E-state index contributed by atoms with van der Waals surface area (Å²) < 4.78 is 0. The smallest absolute Gasteiger partial charge is 0.255 e. The molecule has 0 atom stereocenters. The molecule has 0 unspecified atom stereocenters. The van der Waals surface area contributed by atoms with Crippen LogP contribution in [0.1, 0.15) is 5.56 Å². The largest absolute Gasteiger partial charge is 0.327 e. The van der Waals surface area contributed by atoms with Crippen molar-refractivity contribution in [2.75, 3.05) is 0 Å². The van der Waals surface area contributed by atoms with E-state index in [0.717, 1.165) is 0 Å². The minimum absolute atomic E-state index is 0.258. The van der Waals surface area contributed by atoms with Crippen LogP contribution in [0.5, 0.6) is 0 Å². The summed E-state index contributed by atoms with van der Waals surface area (Å²) in [6.45, 7) is 0. The molecule has 12 heavy (non-hydrogen) atoms. The quantitative estimate of drug-likeness (QED) is 0.667. The highest BCUT2D eigenvalue weighted by atomic mass is 35.5. The van der Waals surface area contributed by atoms with Crippen molar-refractivity contribution < 1.29 is 0 Å². The zero-order valence-electron chi connectivity index (χ0n) is 6.04. The van der Waals surface area contributed by atoms with Crippen LogP contribution >= 0.6 is 11.6 Å². The Hall–Kier alpha value is -1.53. The number of halogens is 1. The first kappa shape index (κ1) is 8.57. The fourth-order valence-electron chi connectivity index (χ4n) is 0.724. The van der Waals surface area contributed by atoms with E-state index in [4.69, 9.17) is 16.9 Å². The lowest BCUT2D eigenvalue weighted by atomic mass is 10.2. The highest BCUT2D eigenvalue weighted by molar-refractivity contribution is 6.30. The normalized spacial score (nSPS) is 10.0. The fourth-order valence-corrected chi connectivity index (χ4v) is 0.897. The van der Waals surface area contributed by atoms with Gasteiger partial charge >= 0.3 is 0 Å². The molecule has 0 spiro atoms. The second-order valence-electron chi connectivity index (χ2n) is 2.06. The first-order valence-corrected chi connectivity index (χ1v) is 3.56. The predicted octanol–water partition coefficient (Wildman–Crippen LogP) is 1.57. The fraction of sp³-hybridized carbons (Fsp3) is 0. The molecule has 0 saturated heterocycles. The van der Waals surface area contributed by atoms with Crippen LogP contribution in [-0.2, 0) is 0 Å². The number of aromatic nitrogens is 1. The minimum atomic E-state index is -0.258. The Morgan fingerprint density at radius 1 is 1.67 bits per heavy atom. The van der Waals surface area contributed by atoms with E-state index in [9.17, 15) is 4.79 Å². The van der Waals surface area contributed by atoms with Crippen LogP contribution in [0.2, 0.25) is 5.02 Å². The Balaban J connectivity index is 3.16. The Morgan fingerprint density at radius 2 is 2.42 bits per heavy atom. The average Bonchev–Trinajstić information content (AvgIpc) is 2.07. The first-order chi connectivity index (χ1) is 5.74. The predicted molar refractivity (Wildman–Crippen MR) is 46.7 cm³/mol. The number of hydrogen-bond acceptors (Lipinski definition) is 2. The zero-order valence-corrected chi connectivity index (χ0v) is 6.80. The van der Waals surface area contributed by atoms with Gasteiger partial charge in [0.05, 0.1) is 11.1 Å². The molecule has 0 saturated carbocycles. The highest BCUT2D eigenvalue weighted by Gasteiger charge is 1.94. The van der Waals surface area contributed by atoms with Gasteiger partial charge < -0.3 is 4.98 Å². The first-order valence-electron chi connectivity index (χ1n) is 3.18. The molecule has 0 fully saturated rings. The third kappa shape index (κ3) is 1.97. The molecule has 60 valence electrons. The molecule has 0 aliphatic carbocycles. The number of pyridine rings is 1. The average molecular weight is 181 g/mol. The SMILES string of the molecule is N#CC=Cc1cc(Cl)c[nH]c1=O. The standard InChI is InChI=1S/C8H5ClN2O/c9-7-4-6(2-1-3-10)8(12)11-5-7/h1-2,4-5H,(H,11,12). The summed E-state index contributed by atoms with van der Waals surface area (Å²) >= 11 is 5.61. The van der Waals surface area contributed by atoms with Crippen molar-refractivity contribution in [1.29, 1.82) is 5.26 Å². The topological polar surface area (TPSA) is 56.6 Å². The van der Waals surface area contributed by atoms with E-state index in [-0.39, 0.29) is 5.56 Å². The molecule has 4 heteroatoms. The lowest BCUT2D eigenvalue weighted by Crippen LogP contribution is -2.07. The Bertz CT molecular complexity index is 400. The number of hydrogen-bond donors (Lipinski definition) is 1. The van der Waals surface area contributed by atoms with Crippen molar-refractivity contribution in [3.63, 3.8) is 0 Å². The monoisotopic (exact) mass is 180 g/mol. The van der Waals surface area contributed by atoms with E-state index in [0.29, 0.717) is 10.6 Å². The van der Waals surface area contributed by atoms with Gasteiger partial charge in [0.15, 0.2) is 0 Å². The van der Waals surface area contributed by atoms with Gasteiger partial charge in [-0.25, -0.2) is 0 Å². The third-order valence-corrected chi connectivity index (χ3v) is 1.45. The van der Waals surface area contributed by atoms with Gasteiger partial charge in [-0.05, 0) is 12.1 Å². The van der Waals surface area contributed by atoms with Crippen molar-refractivity contribution in [3.8, 4) is 6.07 Å². The summed E-state index contributed by atoms with van der Waals surface area (Å²) in [5, 5.41) is 8.64. The van der Waals surface area contributed by atoms with Gasteiger partial charge in [-0.15, -0.1) is 0 Å². The highest BCUT2D eigenvalue weighted by Crippen LogP contribution is 2.05. The Kier molecular flexibility index (Phi) is 2.67. The van der Waals surface area contributed by atoms with Gasteiger partial charge in [-0.3, -0.25) is 4.79 Å². The molecule has 1 aromatic heterocycles. The summed E-state index contributed by atoms with van der Waals surface area (Å²) in [4.78, 5) is 13.4. The molecule has 3 nitrogen and oxygen atoms in total. The molecule has 0 aliphatic rings. The van der Waals surface area contributed by atoms with Crippen molar-refractivity contribution in [2.45, 2.75) is 0 Å². The number of allylic oxidation sites excluding steroid dienone is 1. The van der Waals surface area contributed by atoms with E-state index in [1.807, 2.05) is 0 Å². The van der Waals surface area contributed by atoms with E-state index in [2.05, 4.69) is 4.98 Å². The van der Waals surface area contributed by atoms with E-state index in [1.54, 1.807) is 6.07 Å². The molecule has 0 aromatic carbocycles. The molecule has 0 radical (unpaired) electrons. The third-order valence-electron chi connectivity index (χ3n) is 1.23. The van der Waals surface area contributed by atoms with E-state index in [1.165, 1.54) is 24.4 Å². The molecular weight excluding hydrogens is 176 g/mol. The number of aromatic amines is 1. The van der Waals surface area contributed by atoms with Crippen molar-refractivity contribution in [2.24, 2.45) is 0 Å². The maximum atomic E-state index is 11.0. The Morgan fingerprint density at radius 3 is 3.08 bits per heavy atom. The molecule has 1 aromatic rings. The molecular formula is C8H5ClN2O. The second-order valence-corrected chi connectivity index (χ2v) is 2.50. The van der Waals surface area contributed by atoms with Gasteiger partial charge in [0.25, 0.3) is 5.56 Å². The number of rotatable bonds is 1. The van der Waals surface area contributed by atoms with Crippen LogP contribution in [0.4, 0.5) is 0 Å². The van der Waals surface area contributed by atoms with Crippen LogP contribution in [0.15, 0.2) is 23.1 Å². The second kappa shape index (κ2) is 3.74. The lowest BCUT2D eigenvalue weighted by molar-refractivity contribution is 1.23. The number of nitrogens with zero attached hydrogens (tertiary/aromatic N) is 1. The maximum absolute atomic E-state index is 11.0. The van der Waals surface area contributed by atoms with Crippen molar-refractivity contribution in [3.05, 3.63) is 39.3 Å². The van der Waals surface area contributed by atoms with Gasteiger partial charge in [0.2, 0.25) is 0 Å². The zero-order chi connectivity index (χ0) is 8.97. The lowest BCUT2D eigenvalue weighted by Gasteiger charge is -1.91. The molecule has 1 rings (SSSR count). The summed E-state index contributed by atoms with van der Waals surface area (Å²) in [7, 11) is 0. The number of nitriles is 1. The summed E-state index contributed by atoms with van der Waals surface area (Å²) in [6, 6.07) is 3.28. The van der Waals surface area contributed by atoms with Gasteiger partial charge in [-0.1, -0.05) is 11.6 Å². The van der Waals surface area contributed by atoms with Crippen molar-refractivity contribution in [1.82, 2.24) is 4.98 Å². The van der Waals surface area contributed by atoms with Crippen LogP contribution in [-0.4, -0.2) is 4.98 Å². The van der Waals surface area contributed by atoms with Gasteiger partial charge in [0, 0.05) is 17.8 Å². The molecule has 0 bridgehead atoms. The van der Waals surface area contributed by atoms with E-state index < -0.39 is 0 Å². The summed E-state index contributed by atoms with van der Waals surface area (Å²) in [5.74, 6) is 0. The molecule has 0 aliphatic heterocycles. The molecule has 1 heterocycles. The van der Waals surface area contributed by atoms with Crippen LogP contribution < -0.4 is 5.56 Å². The molecule has 0 amide bonds. The Labute approximate surface area is 73.9 Å². The van der Waals surface area contributed by atoms with Gasteiger partial charge in [0.1, 0.15) is 0 Å². The van der Waals surface area contributed by atoms with Crippen LogP contribution in [0, 0.1) is 11.3 Å². The number of H-pyrrole nitrogens is 1. The molecule has 1 N–H and O–H groups in total. The summed E-state index contributed by atoms with van der Waals surface area (Å²) in [5.41, 5.74) is 0.120. The van der Waals surface area contributed by atoms with Crippen molar-refractivity contribution >= 4 is 17.7 Å². The summed E-state index contributed by atoms with van der Waals surface area (Å²) in [6.07, 6.45) is 4.03.